The van der Waals surface area contributed by atoms with Gasteiger partial charge in [-0.05, 0) is 31.5 Å². The summed E-state index contributed by atoms with van der Waals surface area (Å²) in [4.78, 5) is 17.7. The van der Waals surface area contributed by atoms with E-state index in [1.165, 1.54) is 21.6 Å². The largest absolute Gasteiger partial charge is 0.393 e. The predicted molar refractivity (Wildman–Crippen MR) is 120 cm³/mol. The van der Waals surface area contributed by atoms with Crippen LogP contribution in [0.3, 0.4) is 0 Å². The second-order valence-corrected chi connectivity index (χ2v) is 8.37. The monoisotopic (exact) mass is 492 g/mol. The van der Waals surface area contributed by atoms with Gasteiger partial charge < -0.3 is 15.5 Å². The van der Waals surface area contributed by atoms with Crippen LogP contribution in [0.2, 0.25) is 0 Å². The Morgan fingerprint density at radius 3 is 2.74 bits per heavy atom. The Bertz CT molecular complexity index is 1270. The standard InChI is InChI=1S/C22H24F4N8O/c1-32-10-8-17(15(23)12-32)29-19-7-3-6-18-14(11-22(24,25)26)16(30-34(18)19)5-4-9-27-21(35)20-28-13-33(2)31-20/h3,6-7,13,15,17,29H,8-12H2,1-2H3,(H,27,35)/t15-,17+/m0/s1. The summed E-state index contributed by atoms with van der Waals surface area (Å²) in [5.74, 6) is 5.04. The number of nitrogens with one attached hydrogen (secondary N) is 2. The van der Waals surface area contributed by atoms with Crippen molar-refractivity contribution >= 4 is 17.2 Å². The molecule has 13 heteroatoms. The number of anilines is 1. The van der Waals surface area contributed by atoms with Crippen molar-refractivity contribution in [2.24, 2.45) is 7.05 Å². The van der Waals surface area contributed by atoms with E-state index in [-0.39, 0.29) is 35.7 Å². The normalized spacial score (nSPS) is 18.8. The first kappa shape index (κ1) is 24.5. The number of amides is 1. The maximum Gasteiger partial charge on any atom is 0.393 e. The second-order valence-electron chi connectivity index (χ2n) is 8.37. The van der Waals surface area contributed by atoms with Gasteiger partial charge in [-0.1, -0.05) is 12.0 Å². The Labute approximate surface area is 198 Å². The van der Waals surface area contributed by atoms with Gasteiger partial charge in [0.05, 0.1) is 24.5 Å². The summed E-state index contributed by atoms with van der Waals surface area (Å²) in [5, 5.41) is 13.7. The molecule has 186 valence electrons. The van der Waals surface area contributed by atoms with Crippen molar-refractivity contribution in [2.75, 3.05) is 32.0 Å². The van der Waals surface area contributed by atoms with Crippen LogP contribution in [-0.2, 0) is 13.5 Å². The summed E-state index contributed by atoms with van der Waals surface area (Å²) in [6.07, 6.45) is -4.94. The van der Waals surface area contributed by atoms with Crippen LogP contribution in [0.25, 0.3) is 5.52 Å². The number of pyridine rings is 1. The number of piperidine rings is 1. The first-order valence-electron chi connectivity index (χ1n) is 10.9. The molecule has 0 aliphatic carbocycles. The van der Waals surface area contributed by atoms with Gasteiger partial charge in [0.1, 0.15) is 24.0 Å². The molecule has 9 nitrogen and oxygen atoms in total. The van der Waals surface area contributed by atoms with Crippen molar-refractivity contribution < 1.29 is 22.4 Å². The van der Waals surface area contributed by atoms with Crippen LogP contribution in [0, 0.1) is 11.8 Å². The van der Waals surface area contributed by atoms with E-state index in [9.17, 15) is 22.4 Å². The number of carbonyl (C=O) groups excluding carboxylic acids is 1. The first-order valence-corrected chi connectivity index (χ1v) is 10.9. The lowest BCUT2D eigenvalue weighted by Gasteiger charge is -2.33. The van der Waals surface area contributed by atoms with Crippen molar-refractivity contribution in [3.8, 4) is 11.8 Å². The molecule has 0 saturated carbocycles. The maximum atomic E-state index is 14.5. The molecule has 3 aromatic rings. The number of fused-ring (bicyclic) bond motifs is 1. The molecule has 0 spiro atoms. The molecule has 1 saturated heterocycles. The minimum Gasteiger partial charge on any atom is -0.364 e. The molecule has 35 heavy (non-hydrogen) atoms. The third kappa shape index (κ3) is 5.89. The van der Waals surface area contributed by atoms with E-state index >= 15 is 0 Å². The molecule has 1 aliphatic rings. The molecule has 0 aromatic carbocycles. The van der Waals surface area contributed by atoms with Crippen molar-refractivity contribution in [2.45, 2.75) is 31.2 Å². The number of halogens is 4. The molecule has 1 fully saturated rings. The Kier molecular flexibility index (Phi) is 6.93. The van der Waals surface area contributed by atoms with Crippen LogP contribution in [0.15, 0.2) is 24.5 Å². The Hall–Kier alpha value is -3.66. The number of alkyl halides is 4. The zero-order chi connectivity index (χ0) is 25.2. The topological polar surface area (TPSA) is 92.4 Å². The SMILES string of the molecule is CN1CC[C@@H](Nc2cccc3c(CC(F)(F)F)c(C#CCNC(=O)c4ncn(C)n4)nn23)[C@@H](F)C1. The van der Waals surface area contributed by atoms with Crippen molar-refractivity contribution in [1.82, 2.24) is 34.6 Å². The highest BCUT2D eigenvalue weighted by atomic mass is 19.4. The average molecular weight is 492 g/mol. The zero-order valence-electron chi connectivity index (χ0n) is 19.1. The summed E-state index contributed by atoms with van der Waals surface area (Å²) < 4.78 is 57.3. The van der Waals surface area contributed by atoms with Gasteiger partial charge in [-0.2, -0.15) is 18.3 Å². The van der Waals surface area contributed by atoms with E-state index in [2.05, 4.69) is 37.7 Å². The molecule has 4 heterocycles. The van der Waals surface area contributed by atoms with Crippen molar-refractivity contribution in [3.05, 3.63) is 41.6 Å². The zero-order valence-corrected chi connectivity index (χ0v) is 19.1. The van der Waals surface area contributed by atoms with Gasteiger partial charge >= 0.3 is 6.18 Å². The smallest absolute Gasteiger partial charge is 0.364 e. The number of aryl methyl sites for hydroxylation is 1. The van der Waals surface area contributed by atoms with Crippen molar-refractivity contribution in [1.29, 1.82) is 0 Å². The molecule has 0 bridgehead atoms. The van der Waals surface area contributed by atoms with Gasteiger partial charge in [0, 0.05) is 25.7 Å². The molecule has 0 radical (unpaired) electrons. The molecular formula is C22H24F4N8O. The lowest BCUT2D eigenvalue weighted by Crippen LogP contribution is -2.46. The minimum absolute atomic E-state index is 0.0458. The molecular weight excluding hydrogens is 468 g/mol. The fraction of sp³-hybridized carbons (Fsp3) is 0.455. The van der Waals surface area contributed by atoms with Gasteiger partial charge in [-0.3, -0.25) is 9.48 Å². The van der Waals surface area contributed by atoms with Gasteiger partial charge in [0.15, 0.2) is 0 Å². The summed E-state index contributed by atoms with van der Waals surface area (Å²) in [5.41, 5.74) is 0.0650. The van der Waals surface area contributed by atoms with Crippen LogP contribution in [0.5, 0.6) is 0 Å². The molecule has 1 aliphatic heterocycles. The number of hydrogen-bond donors (Lipinski definition) is 2. The number of nitrogens with zero attached hydrogens (tertiary/aromatic N) is 6. The van der Waals surface area contributed by atoms with Crippen LogP contribution in [-0.4, -0.2) is 80.3 Å². The minimum atomic E-state index is -4.49. The third-order valence-corrected chi connectivity index (χ3v) is 5.56. The number of hydrogen-bond acceptors (Lipinski definition) is 6. The first-order chi connectivity index (χ1) is 16.6. The van der Waals surface area contributed by atoms with E-state index in [1.807, 2.05) is 11.9 Å². The fourth-order valence-corrected chi connectivity index (χ4v) is 3.89. The summed E-state index contributed by atoms with van der Waals surface area (Å²) >= 11 is 0. The lowest BCUT2D eigenvalue weighted by molar-refractivity contribution is -0.127. The van der Waals surface area contributed by atoms with E-state index in [1.54, 1.807) is 19.2 Å². The molecule has 0 unspecified atom stereocenters. The van der Waals surface area contributed by atoms with Crippen molar-refractivity contribution in [3.63, 3.8) is 0 Å². The quantitative estimate of drug-likeness (QED) is 0.417. The highest BCUT2D eigenvalue weighted by Crippen LogP contribution is 2.28. The number of aromatic nitrogens is 5. The molecule has 4 rings (SSSR count). The Morgan fingerprint density at radius 2 is 2.06 bits per heavy atom. The summed E-state index contributed by atoms with van der Waals surface area (Å²) in [6.45, 7) is 0.826. The van der Waals surface area contributed by atoms with Crippen LogP contribution < -0.4 is 10.6 Å². The van der Waals surface area contributed by atoms with E-state index in [4.69, 9.17) is 0 Å². The van der Waals surface area contributed by atoms with Gasteiger partial charge in [-0.25, -0.2) is 13.9 Å². The summed E-state index contributed by atoms with van der Waals surface area (Å²) in [6, 6.07) is 4.26. The van der Waals surface area contributed by atoms with Gasteiger partial charge in [-0.15, -0.1) is 5.10 Å². The van der Waals surface area contributed by atoms with Crippen LogP contribution >= 0.6 is 0 Å². The van der Waals surface area contributed by atoms with Crippen LogP contribution in [0.1, 0.15) is 28.3 Å². The Morgan fingerprint density at radius 1 is 1.26 bits per heavy atom. The highest BCUT2D eigenvalue weighted by molar-refractivity contribution is 5.90. The van der Waals surface area contributed by atoms with Gasteiger partial charge in [0.25, 0.3) is 5.91 Å². The molecule has 3 aromatic heterocycles. The number of carbonyl (C=O) groups is 1. The lowest BCUT2D eigenvalue weighted by atomic mass is 10.0. The predicted octanol–water partition coefficient (Wildman–Crippen LogP) is 1.80. The second kappa shape index (κ2) is 9.91. The average Bonchev–Trinajstić information content (AvgIpc) is 3.36. The van der Waals surface area contributed by atoms with Crippen LogP contribution in [0.4, 0.5) is 23.4 Å². The fourth-order valence-electron chi connectivity index (χ4n) is 3.89. The number of likely N-dealkylation sites (tertiary alicyclic amines) is 1. The van der Waals surface area contributed by atoms with E-state index in [0.29, 0.717) is 18.8 Å². The summed E-state index contributed by atoms with van der Waals surface area (Å²) in [7, 11) is 3.44. The molecule has 1 amide bonds. The molecule has 2 N–H and O–H groups in total. The molecule has 2 atom stereocenters. The van der Waals surface area contributed by atoms with E-state index in [0.717, 1.165) is 0 Å². The number of rotatable bonds is 5. The Balaban J connectivity index is 1.59. The van der Waals surface area contributed by atoms with Gasteiger partial charge in [0.2, 0.25) is 5.82 Å². The maximum absolute atomic E-state index is 14.5. The third-order valence-electron chi connectivity index (χ3n) is 5.56. The highest BCUT2D eigenvalue weighted by Gasteiger charge is 2.32. The van der Waals surface area contributed by atoms with E-state index < -0.39 is 30.7 Å².